The lowest BCUT2D eigenvalue weighted by atomic mass is 10.1. The van der Waals surface area contributed by atoms with Crippen molar-refractivity contribution in [2.75, 3.05) is 26.8 Å². The van der Waals surface area contributed by atoms with Crippen LogP contribution >= 0.6 is 0 Å². The Morgan fingerprint density at radius 1 is 1.12 bits per heavy atom. The molecule has 5 nitrogen and oxygen atoms in total. The van der Waals surface area contributed by atoms with Crippen LogP contribution < -0.4 is 5.56 Å². The maximum absolute atomic E-state index is 12.2. The van der Waals surface area contributed by atoms with E-state index < -0.39 is 0 Å². The molecule has 1 aliphatic heterocycles. The molecule has 3 heterocycles. The largest absolute Gasteiger partial charge is 0.465 e. The van der Waals surface area contributed by atoms with Crippen LogP contribution in [0.2, 0.25) is 0 Å². The van der Waals surface area contributed by atoms with Crippen LogP contribution in [0.25, 0.3) is 0 Å². The number of methoxy groups -OCH3 is 1. The summed E-state index contributed by atoms with van der Waals surface area (Å²) >= 11 is 0. The maximum atomic E-state index is 12.2. The zero-order valence-corrected chi connectivity index (χ0v) is 14.6. The summed E-state index contributed by atoms with van der Waals surface area (Å²) in [7, 11) is 1.67. The van der Waals surface area contributed by atoms with Crippen LogP contribution in [-0.2, 0) is 37.1 Å². The van der Waals surface area contributed by atoms with Gasteiger partial charge in [-0.1, -0.05) is 13.0 Å². The van der Waals surface area contributed by atoms with Crippen LogP contribution in [-0.4, -0.2) is 36.3 Å². The quantitative estimate of drug-likeness (QED) is 0.815. The van der Waals surface area contributed by atoms with Gasteiger partial charge in [0, 0.05) is 51.3 Å². The topological polar surface area (TPSA) is 47.6 Å². The molecule has 2 aromatic heterocycles. The zero-order valence-electron chi connectivity index (χ0n) is 14.6. The Hall–Kier alpha value is -1.85. The molecule has 24 heavy (non-hydrogen) atoms. The van der Waals surface area contributed by atoms with Crippen molar-refractivity contribution >= 4 is 0 Å². The molecule has 0 aliphatic carbocycles. The smallest absolute Gasteiger partial charge is 0.250 e. The molecule has 2 aromatic rings. The normalized spacial score (nSPS) is 15.2. The molecule has 0 N–H and O–H groups in total. The second-order valence-electron chi connectivity index (χ2n) is 6.29. The number of furan rings is 1. The fourth-order valence-electron chi connectivity index (χ4n) is 3.35. The predicted octanol–water partition coefficient (Wildman–Crippen LogP) is 2.25. The number of nitrogens with zero attached hydrogens (tertiary/aromatic N) is 2. The Kier molecular flexibility index (Phi) is 5.53. The van der Waals surface area contributed by atoms with Crippen molar-refractivity contribution in [3.8, 4) is 0 Å². The van der Waals surface area contributed by atoms with E-state index in [1.165, 1.54) is 5.56 Å². The van der Waals surface area contributed by atoms with Crippen LogP contribution in [0.3, 0.4) is 0 Å². The van der Waals surface area contributed by atoms with Gasteiger partial charge in [-0.05, 0) is 24.1 Å². The molecular weight excluding hydrogens is 304 g/mol. The van der Waals surface area contributed by atoms with Gasteiger partial charge in [0.05, 0.1) is 13.2 Å². The van der Waals surface area contributed by atoms with Crippen molar-refractivity contribution in [2.24, 2.45) is 0 Å². The molecule has 130 valence electrons. The highest BCUT2D eigenvalue weighted by Gasteiger charge is 2.18. The molecule has 0 atom stereocenters. The van der Waals surface area contributed by atoms with E-state index in [0.717, 1.165) is 56.1 Å². The van der Waals surface area contributed by atoms with Crippen LogP contribution in [0.5, 0.6) is 0 Å². The van der Waals surface area contributed by atoms with Gasteiger partial charge in [-0.25, -0.2) is 0 Å². The molecule has 0 bridgehead atoms. The van der Waals surface area contributed by atoms with E-state index in [1.807, 2.05) is 10.6 Å². The minimum absolute atomic E-state index is 0.0675. The first-order chi connectivity index (χ1) is 11.7. The highest BCUT2D eigenvalue weighted by Crippen LogP contribution is 2.17. The summed E-state index contributed by atoms with van der Waals surface area (Å²) in [4.78, 5) is 14.6. The van der Waals surface area contributed by atoms with E-state index in [2.05, 4.69) is 24.0 Å². The van der Waals surface area contributed by atoms with E-state index in [-0.39, 0.29) is 5.56 Å². The van der Waals surface area contributed by atoms with Gasteiger partial charge < -0.3 is 13.7 Å². The summed E-state index contributed by atoms with van der Waals surface area (Å²) in [5.41, 5.74) is 2.51. The molecule has 0 spiro atoms. The van der Waals surface area contributed by atoms with Gasteiger partial charge in [-0.3, -0.25) is 9.69 Å². The summed E-state index contributed by atoms with van der Waals surface area (Å²) < 4.78 is 12.9. The van der Waals surface area contributed by atoms with E-state index in [1.54, 1.807) is 13.2 Å². The summed E-state index contributed by atoms with van der Waals surface area (Å²) in [6.07, 6.45) is 2.78. The van der Waals surface area contributed by atoms with Crippen LogP contribution in [0, 0.1) is 0 Å². The van der Waals surface area contributed by atoms with Crippen LogP contribution in [0.4, 0.5) is 0 Å². The van der Waals surface area contributed by atoms with Gasteiger partial charge in [-0.2, -0.15) is 0 Å². The Morgan fingerprint density at radius 2 is 1.92 bits per heavy atom. The highest BCUT2D eigenvalue weighted by molar-refractivity contribution is 5.23. The number of aromatic nitrogens is 1. The maximum Gasteiger partial charge on any atom is 0.250 e. The molecule has 5 heteroatoms. The minimum Gasteiger partial charge on any atom is -0.465 e. The molecule has 0 amide bonds. The predicted molar refractivity (Wildman–Crippen MR) is 93.3 cm³/mol. The van der Waals surface area contributed by atoms with Gasteiger partial charge in [0.2, 0.25) is 0 Å². The van der Waals surface area contributed by atoms with Gasteiger partial charge in [-0.15, -0.1) is 0 Å². The molecule has 3 rings (SSSR count). The molecule has 0 fully saturated rings. The molecule has 0 saturated carbocycles. The first-order valence-electron chi connectivity index (χ1n) is 8.71. The molecule has 1 aliphatic rings. The Morgan fingerprint density at radius 3 is 2.67 bits per heavy atom. The summed E-state index contributed by atoms with van der Waals surface area (Å²) in [6, 6.07) is 7.81. The third kappa shape index (κ3) is 3.79. The highest BCUT2D eigenvalue weighted by atomic mass is 16.5. The molecule has 0 radical (unpaired) electrons. The lowest BCUT2D eigenvalue weighted by Crippen LogP contribution is -2.27. The fourth-order valence-corrected chi connectivity index (χ4v) is 3.35. The fraction of sp³-hybridized carbons (Fsp3) is 0.526. The number of pyridine rings is 1. The van der Waals surface area contributed by atoms with Crippen molar-refractivity contribution in [2.45, 2.75) is 39.3 Å². The van der Waals surface area contributed by atoms with Crippen LogP contribution in [0.15, 0.2) is 33.5 Å². The van der Waals surface area contributed by atoms with Crippen LogP contribution in [0.1, 0.15) is 29.7 Å². The van der Waals surface area contributed by atoms with Crippen molar-refractivity contribution < 1.29 is 9.15 Å². The van der Waals surface area contributed by atoms with Crippen molar-refractivity contribution in [1.82, 2.24) is 9.47 Å². The average molecular weight is 330 g/mol. The number of hydrogen-bond acceptors (Lipinski definition) is 4. The molecule has 0 saturated heterocycles. The SMILES string of the molecule is CCc1ccc(CN2CCc3ccc(=O)n(CCOC)c3CC2)o1. The van der Waals surface area contributed by atoms with E-state index in [4.69, 9.17) is 9.15 Å². The van der Waals surface area contributed by atoms with Gasteiger partial charge >= 0.3 is 0 Å². The molecule has 0 unspecified atom stereocenters. The second-order valence-corrected chi connectivity index (χ2v) is 6.29. The lowest BCUT2D eigenvalue weighted by Gasteiger charge is -2.18. The summed E-state index contributed by atoms with van der Waals surface area (Å²) in [6.45, 7) is 6.03. The average Bonchev–Trinajstić information content (AvgIpc) is 2.95. The van der Waals surface area contributed by atoms with Gasteiger partial charge in [0.1, 0.15) is 11.5 Å². The minimum atomic E-state index is 0.0675. The van der Waals surface area contributed by atoms with Gasteiger partial charge in [0.25, 0.3) is 5.56 Å². The van der Waals surface area contributed by atoms with Crippen molar-refractivity contribution in [1.29, 1.82) is 0 Å². The van der Waals surface area contributed by atoms with Crippen molar-refractivity contribution in [3.63, 3.8) is 0 Å². The standard InChI is InChI=1S/C19H26N2O3/c1-3-16-5-6-17(24-16)14-20-10-8-15-4-7-19(22)21(12-13-23-2)18(15)9-11-20/h4-7H,3,8-14H2,1-2H3. The van der Waals surface area contributed by atoms with E-state index in [0.29, 0.717) is 13.2 Å². The molecular formula is C19H26N2O3. The Labute approximate surface area is 142 Å². The van der Waals surface area contributed by atoms with E-state index in [9.17, 15) is 4.79 Å². The second kappa shape index (κ2) is 7.81. The third-order valence-electron chi connectivity index (χ3n) is 4.72. The first kappa shape index (κ1) is 17.0. The first-order valence-corrected chi connectivity index (χ1v) is 8.71. The lowest BCUT2D eigenvalue weighted by molar-refractivity contribution is 0.185. The number of aryl methyl sites for hydroxylation is 1. The zero-order chi connectivity index (χ0) is 16.9. The molecule has 0 aromatic carbocycles. The summed E-state index contributed by atoms with van der Waals surface area (Å²) in [5, 5.41) is 0. The Bertz CT molecular complexity index is 732. The number of fused-ring (bicyclic) bond motifs is 1. The Balaban J connectivity index is 1.73. The van der Waals surface area contributed by atoms with E-state index >= 15 is 0 Å². The van der Waals surface area contributed by atoms with Crippen molar-refractivity contribution in [3.05, 3.63) is 57.4 Å². The number of rotatable bonds is 6. The third-order valence-corrected chi connectivity index (χ3v) is 4.72. The summed E-state index contributed by atoms with van der Waals surface area (Å²) in [5.74, 6) is 2.06. The number of hydrogen-bond donors (Lipinski definition) is 0. The van der Waals surface area contributed by atoms with Gasteiger partial charge in [0.15, 0.2) is 0 Å². The number of ether oxygens (including phenoxy) is 1. The monoisotopic (exact) mass is 330 g/mol.